The molecule has 0 saturated carbocycles. The molecule has 5 atom stereocenters. The quantitative estimate of drug-likeness (QED) is 0.0169. The Balaban J connectivity index is 5.21. The van der Waals surface area contributed by atoms with Gasteiger partial charge in [0, 0.05) is 25.7 Å². The van der Waals surface area contributed by atoms with Gasteiger partial charge >= 0.3 is 39.5 Å². The molecule has 0 fully saturated rings. The average Bonchev–Trinajstić information content (AvgIpc) is 2.21. The third-order valence-electron chi connectivity index (χ3n) is 17.2. The molecule has 0 heterocycles. The average molecular weight is 1390 g/mol. The summed E-state index contributed by atoms with van der Waals surface area (Å²) in [5.74, 6) is -1.47. The molecule has 0 aliphatic rings. The molecule has 0 amide bonds. The Labute approximate surface area is 580 Å². The standard InChI is InChI=1S/C76H144O17P2/c1-6-9-12-15-18-21-24-26-28-29-30-31-32-33-35-37-39-42-45-52-57-62-76(81)92-71(65-86-73(78)59-54-49-43-41-38-36-34-27-25-22-19-16-13-10-7-2)67-90-94(82,83)88-63-70(77)64-89-95(84,85)91-68-72(66-87-74(79)60-55-50-47-46-48-53-58-69(4)5)93-75(80)61-56-51-44-40-23-20-17-14-11-8-3/h22,25,27,34,69-72,77H,6-21,23-24,26,28-33,35-68H2,1-5H3,(H,82,83)(H,84,85)/b25-22-,34-27-/t70-,71-,72-/m1/s1. The van der Waals surface area contributed by atoms with Gasteiger partial charge in [0.25, 0.3) is 0 Å². The van der Waals surface area contributed by atoms with Crippen LogP contribution in [-0.4, -0.2) is 96.7 Å². The van der Waals surface area contributed by atoms with E-state index in [4.69, 9.17) is 37.0 Å². The zero-order valence-corrected chi connectivity index (χ0v) is 63.1. The van der Waals surface area contributed by atoms with Crippen LogP contribution in [0.1, 0.15) is 375 Å². The summed E-state index contributed by atoms with van der Waals surface area (Å²) >= 11 is 0. The van der Waals surface area contributed by atoms with Crippen LogP contribution < -0.4 is 0 Å². The summed E-state index contributed by atoms with van der Waals surface area (Å²) in [5, 5.41) is 10.6. The van der Waals surface area contributed by atoms with Gasteiger partial charge in [-0.3, -0.25) is 37.3 Å². The van der Waals surface area contributed by atoms with E-state index in [0.717, 1.165) is 116 Å². The summed E-state index contributed by atoms with van der Waals surface area (Å²) in [6, 6.07) is 0. The van der Waals surface area contributed by atoms with Crippen LogP contribution in [0.4, 0.5) is 0 Å². The van der Waals surface area contributed by atoms with Crippen molar-refractivity contribution >= 4 is 39.5 Å². The van der Waals surface area contributed by atoms with E-state index in [1.807, 2.05) is 0 Å². The van der Waals surface area contributed by atoms with Gasteiger partial charge < -0.3 is 33.8 Å². The minimum atomic E-state index is -4.96. The fourth-order valence-electron chi connectivity index (χ4n) is 11.2. The Morgan fingerprint density at radius 3 is 0.863 bits per heavy atom. The number of esters is 4. The van der Waals surface area contributed by atoms with E-state index in [1.165, 1.54) is 173 Å². The van der Waals surface area contributed by atoms with Gasteiger partial charge in [-0.25, -0.2) is 9.13 Å². The molecule has 0 rings (SSSR count). The molecule has 0 aromatic rings. The van der Waals surface area contributed by atoms with Crippen molar-refractivity contribution in [1.82, 2.24) is 0 Å². The number of hydrogen-bond acceptors (Lipinski definition) is 15. The predicted molar refractivity (Wildman–Crippen MR) is 386 cm³/mol. The maximum Gasteiger partial charge on any atom is 0.472 e. The Kier molecular flexibility index (Phi) is 66.9. The highest BCUT2D eigenvalue weighted by molar-refractivity contribution is 7.47. The van der Waals surface area contributed by atoms with Crippen LogP contribution in [0.15, 0.2) is 24.3 Å². The van der Waals surface area contributed by atoms with Crippen molar-refractivity contribution in [3.8, 4) is 0 Å². The third kappa shape index (κ3) is 69.8. The zero-order valence-electron chi connectivity index (χ0n) is 61.3. The fraction of sp³-hybridized carbons (Fsp3) is 0.895. The summed E-state index contributed by atoms with van der Waals surface area (Å²) in [7, 11) is -9.92. The Hall–Kier alpha value is -2.46. The first-order chi connectivity index (χ1) is 46.0. The lowest BCUT2D eigenvalue weighted by Gasteiger charge is -2.21. The predicted octanol–water partition coefficient (Wildman–Crippen LogP) is 22.0. The Morgan fingerprint density at radius 2 is 0.568 bits per heavy atom. The first-order valence-electron chi connectivity index (χ1n) is 39.0. The molecule has 95 heavy (non-hydrogen) atoms. The summed E-state index contributed by atoms with van der Waals surface area (Å²) in [6.45, 7) is 7.12. The van der Waals surface area contributed by atoms with Gasteiger partial charge in [-0.15, -0.1) is 0 Å². The monoisotopic (exact) mass is 1390 g/mol. The van der Waals surface area contributed by atoms with Crippen LogP contribution in [0.3, 0.4) is 0 Å². The Bertz CT molecular complexity index is 1920. The number of phosphoric acid groups is 2. The summed E-state index contributed by atoms with van der Waals surface area (Å²) in [6.07, 6.45) is 60.8. The van der Waals surface area contributed by atoms with Crippen molar-refractivity contribution in [3.05, 3.63) is 24.3 Å². The number of aliphatic hydroxyl groups excluding tert-OH is 1. The van der Waals surface area contributed by atoms with Gasteiger partial charge in [0.1, 0.15) is 19.3 Å². The molecule has 0 aliphatic carbocycles. The lowest BCUT2D eigenvalue weighted by molar-refractivity contribution is -0.161. The number of hydrogen-bond donors (Lipinski definition) is 3. The number of carbonyl (C=O) groups is 4. The third-order valence-corrected chi connectivity index (χ3v) is 19.1. The van der Waals surface area contributed by atoms with Crippen molar-refractivity contribution in [2.45, 2.75) is 393 Å². The maximum absolute atomic E-state index is 13.1. The number of rotatable bonds is 74. The smallest absolute Gasteiger partial charge is 0.462 e. The summed E-state index contributed by atoms with van der Waals surface area (Å²) in [4.78, 5) is 72.6. The number of ether oxygens (including phenoxy) is 4. The van der Waals surface area contributed by atoms with Gasteiger partial charge in [0.05, 0.1) is 26.4 Å². The van der Waals surface area contributed by atoms with E-state index in [-0.39, 0.29) is 25.7 Å². The molecular weight excluding hydrogens is 1250 g/mol. The van der Waals surface area contributed by atoms with Crippen molar-refractivity contribution in [2.24, 2.45) is 5.92 Å². The van der Waals surface area contributed by atoms with Crippen LogP contribution in [0, 0.1) is 5.92 Å². The molecule has 2 unspecified atom stereocenters. The summed E-state index contributed by atoms with van der Waals surface area (Å²) < 4.78 is 68.4. The van der Waals surface area contributed by atoms with Crippen LogP contribution in [0.5, 0.6) is 0 Å². The first-order valence-corrected chi connectivity index (χ1v) is 41.9. The second kappa shape index (κ2) is 68.7. The Morgan fingerprint density at radius 1 is 0.326 bits per heavy atom. The van der Waals surface area contributed by atoms with E-state index in [9.17, 15) is 43.2 Å². The number of aliphatic hydroxyl groups is 1. The van der Waals surface area contributed by atoms with Crippen molar-refractivity contribution in [1.29, 1.82) is 0 Å². The number of allylic oxidation sites excluding steroid dienone is 4. The molecule has 560 valence electrons. The molecular formula is C76H144O17P2. The minimum Gasteiger partial charge on any atom is -0.462 e. The van der Waals surface area contributed by atoms with Crippen LogP contribution in [0.25, 0.3) is 0 Å². The molecule has 0 aromatic heterocycles. The van der Waals surface area contributed by atoms with Crippen molar-refractivity contribution in [2.75, 3.05) is 39.6 Å². The van der Waals surface area contributed by atoms with Gasteiger partial charge in [-0.1, -0.05) is 322 Å². The van der Waals surface area contributed by atoms with Crippen LogP contribution in [0.2, 0.25) is 0 Å². The molecule has 17 nitrogen and oxygen atoms in total. The normalized spacial score (nSPS) is 14.1. The highest BCUT2D eigenvalue weighted by Crippen LogP contribution is 2.45. The van der Waals surface area contributed by atoms with E-state index >= 15 is 0 Å². The molecule has 0 bridgehead atoms. The first kappa shape index (κ1) is 92.5. The molecule has 0 saturated heterocycles. The number of phosphoric ester groups is 2. The second-order valence-corrected chi connectivity index (χ2v) is 30.1. The molecule has 0 radical (unpaired) electrons. The van der Waals surface area contributed by atoms with Gasteiger partial charge in [0.2, 0.25) is 0 Å². The summed E-state index contributed by atoms with van der Waals surface area (Å²) in [5.41, 5.74) is 0. The lowest BCUT2D eigenvalue weighted by atomic mass is 10.0. The van der Waals surface area contributed by atoms with Gasteiger partial charge in [-0.2, -0.15) is 0 Å². The number of unbranched alkanes of at least 4 members (excludes halogenated alkanes) is 43. The van der Waals surface area contributed by atoms with Crippen LogP contribution >= 0.6 is 15.6 Å². The molecule has 3 N–H and O–H groups in total. The zero-order chi connectivity index (χ0) is 69.8. The van der Waals surface area contributed by atoms with E-state index < -0.39 is 97.5 Å². The maximum atomic E-state index is 13.1. The minimum absolute atomic E-state index is 0.102. The number of carbonyl (C=O) groups excluding carboxylic acids is 4. The highest BCUT2D eigenvalue weighted by atomic mass is 31.2. The van der Waals surface area contributed by atoms with E-state index in [2.05, 4.69) is 58.9 Å². The van der Waals surface area contributed by atoms with Crippen molar-refractivity contribution < 1.29 is 80.2 Å². The molecule has 19 heteroatoms. The largest absolute Gasteiger partial charge is 0.472 e. The topological polar surface area (TPSA) is 237 Å². The fourth-order valence-corrected chi connectivity index (χ4v) is 12.7. The highest BCUT2D eigenvalue weighted by Gasteiger charge is 2.30. The second-order valence-electron chi connectivity index (χ2n) is 27.2. The van der Waals surface area contributed by atoms with Gasteiger partial charge in [0.15, 0.2) is 12.2 Å². The molecule has 0 spiro atoms. The van der Waals surface area contributed by atoms with Crippen molar-refractivity contribution in [3.63, 3.8) is 0 Å². The van der Waals surface area contributed by atoms with E-state index in [0.29, 0.717) is 31.6 Å². The van der Waals surface area contributed by atoms with Crippen LogP contribution in [-0.2, 0) is 65.4 Å². The van der Waals surface area contributed by atoms with E-state index in [1.54, 1.807) is 0 Å². The lowest BCUT2D eigenvalue weighted by Crippen LogP contribution is -2.30. The molecule has 0 aromatic carbocycles. The van der Waals surface area contributed by atoms with Gasteiger partial charge in [-0.05, 0) is 57.3 Å². The molecule has 0 aliphatic heterocycles. The SMILES string of the molecule is CCCCCC/C=C\C=C/CCCCCCCC(=O)OC[C@H](COP(=O)(O)OC[C@@H](O)COP(=O)(O)OC[C@@H](COC(=O)CCCCCCCCC(C)C)OC(=O)CCCCCCCCCCCC)OC(=O)CCCCCCCCCCCCCCCCCCCCCCC.